The summed E-state index contributed by atoms with van der Waals surface area (Å²) in [4.78, 5) is 33.0. The van der Waals surface area contributed by atoms with Crippen LogP contribution in [0.1, 0.15) is 31.4 Å². The monoisotopic (exact) mass is 362 g/mol. The third kappa shape index (κ3) is 3.61. The first kappa shape index (κ1) is 17.7. The molecule has 0 aliphatic carbocycles. The Morgan fingerprint density at radius 3 is 2.28 bits per heavy atom. The Morgan fingerprint density at radius 1 is 1.00 bits per heavy atom. The molecule has 1 N–H and O–H groups in total. The van der Waals surface area contributed by atoms with Crippen LogP contribution in [0.15, 0.2) is 17.1 Å². The molecule has 2 fully saturated rings. The summed E-state index contributed by atoms with van der Waals surface area (Å²) in [6.07, 6.45) is 6.46. The average molecular weight is 363 g/mol. The first-order chi connectivity index (χ1) is 11.7. The maximum atomic E-state index is 12.1. The van der Waals surface area contributed by atoms with E-state index in [1.54, 1.807) is 6.20 Å². The maximum Gasteiger partial charge on any atom is 0.252 e. The highest BCUT2D eigenvalue weighted by Crippen LogP contribution is 2.24. The summed E-state index contributed by atoms with van der Waals surface area (Å²) in [6, 6.07) is 1.53. The lowest BCUT2D eigenvalue weighted by molar-refractivity contribution is 0.882. The van der Waals surface area contributed by atoms with Gasteiger partial charge in [-0.2, -0.15) is 0 Å². The topological polar surface area (TPSA) is 78.0 Å². The molecule has 2 aromatic rings. The molecule has 2 aliphatic heterocycles. The molecule has 0 atom stereocenters. The van der Waals surface area contributed by atoms with Crippen LogP contribution in [0, 0.1) is 6.92 Å². The van der Waals surface area contributed by atoms with E-state index in [-0.39, 0.29) is 18.0 Å². The van der Waals surface area contributed by atoms with Crippen LogP contribution in [0.3, 0.4) is 0 Å². The summed E-state index contributed by atoms with van der Waals surface area (Å²) in [7, 11) is 0. The number of aromatic amines is 1. The van der Waals surface area contributed by atoms with Crippen LogP contribution >= 0.6 is 12.4 Å². The van der Waals surface area contributed by atoms with Gasteiger partial charge in [0.1, 0.15) is 0 Å². The third-order valence-corrected chi connectivity index (χ3v) is 4.77. The Bertz CT molecular complexity index is 796. The molecule has 134 valence electrons. The van der Waals surface area contributed by atoms with Crippen molar-refractivity contribution >= 4 is 24.3 Å². The SMILES string of the molecule is Cc1nc(N2CCCC2)ncc1-c1cc(=O)[nH]c(N2CCCC2)n1.Cl. The van der Waals surface area contributed by atoms with E-state index in [0.29, 0.717) is 11.6 Å². The fourth-order valence-electron chi connectivity index (χ4n) is 3.44. The highest BCUT2D eigenvalue weighted by molar-refractivity contribution is 5.85. The molecule has 0 amide bonds. The van der Waals surface area contributed by atoms with E-state index in [9.17, 15) is 4.79 Å². The molecule has 4 rings (SSSR count). The van der Waals surface area contributed by atoms with Gasteiger partial charge in [-0.3, -0.25) is 9.78 Å². The average Bonchev–Trinajstić information content (AvgIpc) is 3.28. The molecule has 8 heteroatoms. The zero-order valence-electron chi connectivity index (χ0n) is 14.4. The van der Waals surface area contributed by atoms with Gasteiger partial charge in [0, 0.05) is 44.0 Å². The molecule has 0 bridgehead atoms. The number of nitrogens with zero attached hydrogens (tertiary/aromatic N) is 5. The maximum absolute atomic E-state index is 12.1. The fraction of sp³-hybridized carbons (Fsp3) is 0.529. The summed E-state index contributed by atoms with van der Waals surface area (Å²) in [5, 5.41) is 0. The van der Waals surface area contributed by atoms with Crippen LogP contribution < -0.4 is 15.4 Å². The second-order valence-corrected chi connectivity index (χ2v) is 6.51. The Morgan fingerprint density at radius 2 is 1.64 bits per heavy atom. The highest BCUT2D eigenvalue weighted by atomic mass is 35.5. The predicted octanol–water partition coefficient (Wildman–Crippen LogP) is 2.16. The van der Waals surface area contributed by atoms with E-state index in [2.05, 4.69) is 29.7 Å². The van der Waals surface area contributed by atoms with Crippen LogP contribution in [-0.4, -0.2) is 46.1 Å². The Labute approximate surface area is 152 Å². The molecule has 2 aromatic heterocycles. The van der Waals surface area contributed by atoms with Crippen molar-refractivity contribution < 1.29 is 0 Å². The third-order valence-electron chi connectivity index (χ3n) is 4.77. The number of halogens is 1. The highest BCUT2D eigenvalue weighted by Gasteiger charge is 2.19. The van der Waals surface area contributed by atoms with E-state index in [1.165, 1.54) is 18.9 Å². The summed E-state index contributed by atoms with van der Waals surface area (Å²) in [5.74, 6) is 1.43. The largest absolute Gasteiger partial charge is 0.342 e. The van der Waals surface area contributed by atoms with Crippen LogP contribution in [0.25, 0.3) is 11.3 Å². The van der Waals surface area contributed by atoms with E-state index >= 15 is 0 Å². The number of nitrogens with one attached hydrogen (secondary N) is 1. The van der Waals surface area contributed by atoms with Gasteiger partial charge >= 0.3 is 0 Å². The van der Waals surface area contributed by atoms with Gasteiger partial charge < -0.3 is 9.80 Å². The van der Waals surface area contributed by atoms with E-state index in [4.69, 9.17) is 0 Å². The fourth-order valence-corrected chi connectivity index (χ4v) is 3.44. The molecule has 2 aliphatic rings. The van der Waals surface area contributed by atoms with Gasteiger partial charge in [0.15, 0.2) is 0 Å². The minimum atomic E-state index is -0.134. The van der Waals surface area contributed by atoms with Crippen molar-refractivity contribution in [3.05, 3.63) is 28.3 Å². The lowest BCUT2D eigenvalue weighted by atomic mass is 10.2. The summed E-state index contributed by atoms with van der Waals surface area (Å²) in [5.41, 5.74) is 2.19. The number of anilines is 2. The standard InChI is InChI=1S/C17H22N6O.ClH/c1-12-13(11-18-16(19-12)22-6-2-3-7-22)14-10-15(24)21-17(20-14)23-8-4-5-9-23;/h10-11H,2-9H2,1H3,(H,20,21,24);1H. The number of aryl methyl sites for hydroxylation is 1. The van der Waals surface area contributed by atoms with Gasteiger partial charge in [0.2, 0.25) is 11.9 Å². The van der Waals surface area contributed by atoms with Gasteiger partial charge in [-0.25, -0.2) is 15.0 Å². The lowest BCUT2D eigenvalue weighted by Crippen LogP contribution is -2.24. The van der Waals surface area contributed by atoms with Gasteiger partial charge in [-0.05, 0) is 32.6 Å². The predicted molar refractivity (Wildman–Crippen MR) is 101 cm³/mol. The lowest BCUT2D eigenvalue weighted by Gasteiger charge is -2.18. The van der Waals surface area contributed by atoms with Crippen LogP contribution in [-0.2, 0) is 0 Å². The van der Waals surface area contributed by atoms with Gasteiger partial charge in [-0.1, -0.05) is 0 Å². The van der Waals surface area contributed by atoms with Gasteiger partial charge in [0.05, 0.1) is 11.4 Å². The Balaban J connectivity index is 0.00000182. The quantitative estimate of drug-likeness (QED) is 0.901. The minimum absolute atomic E-state index is 0. The summed E-state index contributed by atoms with van der Waals surface area (Å²) < 4.78 is 0. The first-order valence-electron chi connectivity index (χ1n) is 8.66. The van der Waals surface area contributed by atoms with Crippen molar-refractivity contribution in [1.29, 1.82) is 0 Å². The number of hydrogen-bond donors (Lipinski definition) is 1. The number of hydrogen-bond acceptors (Lipinski definition) is 6. The molecule has 0 unspecified atom stereocenters. The van der Waals surface area contributed by atoms with Gasteiger partial charge in [-0.15, -0.1) is 12.4 Å². The zero-order valence-corrected chi connectivity index (χ0v) is 15.2. The van der Waals surface area contributed by atoms with Crippen LogP contribution in [0.4, 0.5) is 11.9 Å². The van der Waals surface area contributed by atoms with Crippen molar-refractivity contribution in [2.75, 3.05) is 36.0 Å². The summed E-state index contributed by atoms with van der Waals surface area (Å²) >= 11 is 0. The molecule has 7 nitrogen and oxygen atoms in total. The van der Waals surface area contributed by atoms with Crippen LogP contribution in [0.5, 0.6) is 0 Å². The molecule has 0 radical (unpaired) electrons. The molecule has 25 heavy (non-hydrogen) atoms. The second-order valence-electron chi connectivity index (χ2n) is 6.51. The zero-order chi connectivity index (χ0) is 16.5. The van der Waals surface area contributed by atoms with Crippen molar-refractivity contribution in [3.8, 4) is 11.3 Å². The first-order valence-corrected chi connectivity index (χ1v) is 8.66. The van der Waals surface area contributed by atoms with Crippen molar-refractivity contribution in [3.63, 3.8) is 0 Å². The molecular weight excluding hydrogens is 340 g/mol. The Kier molecular flexibility index (Phi) is 5.22. The molecule has 4 heterocycles. The molecule has 0 aromatic carbocycles. The van der Waals surface area contributed by atoms with E-state index in [0.717, 1.165) is 56.2 Å². The molecule has 2 saturated heterocycles. The van der Waals surface area contributed by atoms with Gasteiger partial charge in [0.25, 0.3) is 5.56 Å². The second kappa shape index (κ2) is 7.39. The van der Waals surface area contributed by atoms with E-state index < -0.39 is 0 Å². The number of H-pyrrole nitrogens is 1. The number of aromatic nitrogens is 4. The molecule has 0 saturated carbocycles. The number of rotatable bonds is 3. The molecule has 0 spiro atoms. The van der Waals surface area contributed by atoms with Crippen molar-refractivity contribution in [2.45, 2.75) is 32.6 Å². The minimum Gasteiger partial charge on any atom is -0.342 e. The van der Waals surface area contributed by atoms with Crippen molar-refractivity contribution in [2.24, 2.45) is 0 Å². The normalized spacial score (nSPS) is 17.0. The van der Waals surface area contributed by atoms with Crippen LogP contribution in [0.2, 0.25) is 0 Å². The van der Waals surface area contributed by atoms with E-state index in [1.807, 2.05) is 6.92 Å². The molecular formula is C17H23ClN6O. The Hall–Kier alpha value is -2.15. The van der Waals surface area contributed by atoms with Crippen molar-refractivity contribution in [1.82, 2.24) is 19.9 Å². The smallest absolute Gasteiger partial charge is 0.252 e. The summed E-state index contributed by atoms with van der Waals surface area (Å²) in [6.45, 7) is 5.86.